The second-order valence-electron chi connectivity index (χ2n) is 11.8. The highest BCUT2D eigenvalue weighted by Gasteiger charge is 2.29. The van der Waals surface area contributed by atoms with Crippen molar-refractivity contribution < 1.29 is 19.3 Å². The highest BCUT2D eigenvalue weighted by atomic mass is 16.6. The summed E-state index contributed by atoms with van der Waals surface area (Å²) in [5.74, 6) is 0. The van der Waals surface area contributed by atoms with Gasteiger partial charge in [-0.05, 0) is 29.5 Å². The van der Waals surface area contributed by atoms with E-state index in [1.54, 1.807) is 0 Å². The predicted octanol–water partition coefficient (Wildman–Crippen LogP) is 9.99. The molecule has 0 radical (unpaired) electrons. The van der Waals surface area contributed by atoms with Crippen LogP contribution in [-0.4, -0.2) is 30.0 Å². The smallest absolute Gasteiger partial charge is 0.116 e. The summed E-state index contributed by atoms with van der Waals surface area (Å²) < 4.78 is 18.8. The first-order valence-electron chi connectivity index (χ1n) is 17.0. The molecule has 1 N–H and O–H groups in total. The molecule has 0 saturated carbocycles. The molecule has 0 bridgehead atoms. The van der Waals surface area contributed by atoms with E-state index >= 15 is 0 Å². The molecule has 0 amide bonds. The molecule has 0 aliphatic carbocycles. The molecule has 0 heterocycles. The van der Waals surface area contributed by atoms with Crippen LogP contribution in [0.15, 0.2) is 103 Å². The van der Waals surface area contributed by atoms with Gasteiger partial charge in [-0.3, -0.25) is 0 Å². The maximum Gasteiger partial charge on any atom is 0.116 e. The fourth-order valence-electron chi connectivity index (χ4n) is 5.34. The van der Waals surface area contributed by atoms with Gasteiger partial charge in [0.1, 0.15) is 18.3 Å². The van der Waals surface area contributed by atoms with E-state index in [-0.39, 0.29) is 6.61 Å². The monoisotopic (exact) mass is 600 g/mol. The average molecular weight is 601 g/mol. The van der Waals surface area contributed by atoms with E-state index in [9.17, 15) is 5.11 Å². The van der Waals surface area contributed by atoms with Crippen LogP contribution in [0.5, 0.6) is 0 Å². The summed E-state index contributed by atoms with van der Waals surface area (Å²) in [5.41, 5.74) is 3.22. The van der Waals surface area contributed by atoms with Gasteiger partial charge in [0.15, 0.2) is 0 Å². The van der Waals surface area contributed by atoms with Gasteiger partial charge in [-0.2, -0.15) is 0 Å². The number of hydrogen-bond acceptors (Lipinski definition) is 4. The van der Waals surface area contributed by atoms with Crippen LogP contribution in [0.3, 0.4) is 0 Å². The molecule has 0 saturated heterocycles. The molecule has 3 rings (SSSR count). The topological polar surface area (TPSA) is 47.9 Å². The maximum atomic E-state index is 11.4. The Morgan fingerprint density at radius 2 is 1.02 bits per heavy atom. The molecule has 0 aromatic heterocycles. The average Bonchev–Trinajstić information content (AvgIpc) is 3.06. The van der Waals surface area contributed by atoms with Crippen molar-refractivity contribution in [3.63, 3.8) is 0 Å². The Morgan fingerprint density at radius 1 is 0.568 bits per heavy atom. The van der Waals surface area contributed by atoms with Crippen LogP contribution >= 0.6 is 0 Å². The van der Waals surface area contributed by atoms with Crippen LogP contribution in [0.2, 0.25) is 0 Å². The van der Waals surface area contributed by atoms with Crippen molar-refractivity contribution in [1.29, 1.82) is 0 Å². The quantitative estimate of drug-likeness (QED) is 0.0777. The zero-order chi connectivity index (χ0) is 30.9. The Morgan fingerprint density at radius 3 is 1.55 bits per heavy atom. The fraction of sp³-hybridized carbons (Fsp3) is 0.500. The molecular weight excluding hydrogens is 544 g/mol. The first kappa shape index (κ1) is 35.7. The number of hydrogen-bond donors (Lipinski definition) is 1. The number of aliphatic hydroxyl groups excluding tert-OH is 1. The van der Waals surface area contributed by atoms with Crippen LogP contribution in [0, 0.1) is 0 Å². The van der Waals surface area contributed by atoms with E-state index in [0.717, 1.165) is 29.5 Å². The Bertz CT molecular complexity index is 1090. The normalized spacial score (nSPS) is 13.7. The molecule has 3 atom stereocenters. The summed E-state index contributed by atoms with van der Waals surface area (Å²) in [4.78, 5) is 0. The Labute approximate surface area is 267 Å². The predicted molar refractivity (Wildman–Crippen MR) is 182 cm³/mol. The summed E-state index contributed by atoms with van der Waals surface area (Å²) in [6, 6.07) is 30.3. The first-order valence-corrected chi connectivity index (χ1v) is 17.0. The number of allylic oxidation sites excluding steroid dienone is 1. The number of unbranched alkanes of at least 4 members (excludes halogenated alkanes) is 11. The molecule has 0 aliphatic heterocycles. The zero-order valence-corrected chi connectivity index (χ0v) is 27.0. The second kappa shape index (κ2) is 23.6. The Balaban J connectivity index is 1.55. The number of aliphatic hydroxyl groups is 1. The molecule has 3 aromatic rings. The highest BCUT2D eigenvalue weighted by Crippen LogP contribution is 2.19. The van der Waals surface area contributed by atoms with E-state index < -0.39 is 18.3 Å². The molecule has 0 fully saturated rings. The van der Waals surface area contributed by atoms with Crippen molar-refractivity contribution in [3.05, 3.63) is 120 Å². The Kier molecular flexibility index (Phi) is 19.2. The highest BCUT2D eigenvalue weighted by molar-refractivity contribution is 5.15. The molecule has 44 heavy (non-hydrogen) atoms. The van der Waals surface area contributed by atoms with Crippen molar-refractivity contribution in [2.75, 3.05) is 6.61 Å². The van der Waals surface area contributed by atoms with Crippen molar-refractivity contribution >= 4 is 0 Å². The van der Waals surface area contributed by atoms with Gasteiger partial charge in [0, 0.05) is 0 Å². The van der Waals surface area contributed by atoms with Crippen LogP contribution in [0.25, 0.3) is 0 Å². The lowest BCUT2D eigenvalue weighted by Crippen LogP contribution is -2.42. The van der Waals surface area contributed by atoms with Gasteiger partial charge < -0.3 is 19.3 Å². The minimum absolute atomic E-state index is 0.159. The van der Waals surface area contributed by atoms with Crippen LogP contribution in [0.1, 0.15) is 101 Å². The summed E-state index contributed by atoms with van der Waals surface area (Å²) in [6.07, 6.45) is 18.1. The van der Waals surface area contributed by atoms with Crippen LogP contribution in [0.4, 0.5) is 0 Å². The van der Waals surface area contributed by atoms with Gasteiger partial charge in [0.05, 0.1) is 26.4 Å². The summed E-state index contributed by atoms with van der Waals surface area (Å²) >= 11 is 0. The van der Waals surface area contributed by atoms with Crippen LogP contribution < -0.4 is 0 Å². The minimum atomic E-state index is -0.852. The number of benzene rings is 3. The largest absolute Gasteiger partial charge is 0.388 e. The standard InChI is InChI=1S/C40H56O4/c1-2-3-4-5-6-7-8-9-10-11-12-13-23-30-39(43-32-36-26-19-15-20-27-36)40(44-33-37-28-21-16-22-29-37)38(41)34-42-31-35-24-17-14-18-25-35/h14-30,38-41H,2-13,31-34H2,1H3/b30-23+/t38-,39-,40+/m1/s1. The zero-order valence-electron chi connectivity index (χ0n) is 27.0. The molecule has 0 unspecified atom stereocenters. The van der Waals surface area contributed by atoms with E-state index in [2.05, 4.69) is 31.2 Å². The van der Waals surface area contributed by atoms with Crippen molar-refractivity contribution in [1.82, 2.24) is 0 Å². The fourth-order valence-corrected chi connectivity index (χ4v) is 5.34. The van der Waals surface area contributed by atoms with Gasteiger partial charge in [-0.15, -0.1) is 0 Å². The minimum Gasteiger partial charge on any atom is -0.388 e. The molecule has 240 valence electrons. The summed E-state index contributed by atoms with van der Waals surface area (Å²) in [5, 5.41) is 11.4. The van der Waals surface area contributed by atoms with E-state index in [1.165, 1.54) is 64.2 Å². The van der Waals surface area contributed by atoms with E-state index in [4.69, 9.17) is 14.2 Å². The lowest BCUT2D eigenvalue weighted by molar-refractivity contribution is -0.133. The molecule has 4 nitrogen and oxygen atoms in total. The molecule has 4 heteroatoms. The van der Waals surface area contributed by atoms with Gasteiger partial charge >= 0.3 is 0 Å². The number of rotatable bonds is 25. The van der Waals surface area contributed by atoms with Crippen molar-refractivity contribution in [2.45, 2.75) is 122 Å². The SMILES string of the molecule is CCCCCCCCCCCCC/C=C/[C@@H](OCc1ccccc1)[C@@H](OCc1ccccc1)[C@H](O)COCc1ccccc1. The third-order valence-electron chi connectivity index (χ3n) is 7.97. The lowest BCUT2D eigenvalue weighted by Gasteiger charge is -2.29. The molecule has 0 aliphatic rings. The third-order valence-corrected chi connectivity index (χ3v) is 7.97. The van der Waals surface area contributed by atoms with E-state index in [1.807, 2.05) is 78.9 Å². The molecular formula is C40H56O4. The number of ether oxygens (including phenoxy) is 3. The van der Waals surface area contributed by atoms with Gasteiger partial charge in [0.2, 0.25) is 0 Å². The van der Waals surface area contributed by atoms with Gasteiger partial charge in [0.25, 0.3) is 0 Å². The summed E-state index contributed by atoms with van der Waals surface area (Å²) in [6.45, 7) is 3.70. The Hall–Kier alpha value is -2.76. The van der Waals surface area contributed by atoms with E-state index in [0.29, 0.717) is 19.8 Å². The maximum absolute atomic E-state index is 11.4. The van der Waals surface area contributed by atoms with Gasteiger partial charge in [-0.25, -0.2) is 0 Å². The lowest BCUT2D eigenvalue weighted by atomic mass is 10.0. The van der Waals surface area contributed by atoms with Gasteiger partial charge in [-0.1, -0.05) is 174 Å². The second-order valence-corrected chi connectivity index (χ2v) is 11.8. The van der Waals surface area contributed by atoms with Crippen LogP contribution in [-0.2, 0) is 34.0 Å². The molecule has 3 aromatic carbocycles. The van der Waals surface area contributed by atoms with Crippen molar-refractivity contribution in [2.24, 2.45) is 0 Å². The molecule has 0 spiro atoms. The third kappa shape index (κ3) is 15.8. The first-order chi connectivity index (χ1) is 21.8. The summed E-state index contributed by atoms with van der Waals surface area (Å²) in [7, 11) is 0. The van der Waals surface area contributed by atoms with Crippen molar-refractivity contribution in [3.8, 4) is 0 Å².